The molecule has 1 heterocycles. The van der Waals surface area contributed by atoms with Crippen LogP contribution in [0.5, 0.6) is 0 Å². The number of hydrogen-bond acceptors (Lipinski definition) is 5. The number of anilines is 1. The van der Waals surface area contributed by atoms with Crippen molar-refractivity contribution in [1.82, 2.24) is 9.71 Å². The summed E-state index contributed by atoms with van der Waals surface area (Å²) >= 11 is 0. The van der Waals surface area contributed by atoms with Gasteiger partial charge < -0.3 is 10.1 Å². The molecule has 0 radical (unpaired) electrons. The second-order valence-electron chi connectivity index (χ2n) is 3.57. The molecule has 2 N–H and O–H groups in total. The van der Waals surface area contributed by atoms with Gasteiger partial charge in [0, 0.05) is 39.2 Å². The molecule has 1 aromatic heterocycles. The number of nitrogens with one attached hydrogen (secondary N) is 2. The Morgan fingerprint density at radius 2 is 2.22 bits per heavy atom. The number of pyridine rings is 1. The minimum atomic E-state index is -3.52. The molecule has 0 saturated carbocycles. The van der Waals surface area contributed by atoms with Gasteiger partial charge in [-0.15, -0.1) is 0 Å². The van der Waals surface area contributed by atoms with E-state index in [9.17, 15) is 8.42 Å². The van der Waals surface area contributed by atoms with E-state index in [0.29, 0.717) is 31.9 Å². The lowest BCUT2D eigenvalue weighted by Crippen LogP contribution is -2.26. The quantitative estimate of drug-likeness (QED) is 0.686. The molecule has 1 aromatic rings. The molecule has 0 amide bonds. The fraction of sp³-hybridized carbons (Fsp3) is 0.545. The molecule has 0 unspecified atom stereocenters. The molecule has 1 rings (SSSR count). The maximum Gasteiger partial charge on any atom is 0.244 e. The second kappa shape index (κ2) is 7.30. The molecule has 18 heavy (non-hydrogen) atoms. The van der Waals surface area contributed by atoms with Crippen LogP contribution in [0.15, 0.2) is 23.4 Å². The van der Waals surface area contributed by atoms with Gasteiger partial charge in [-0.25, -0.2) is 13.1 Å². The molecule has 0 spiro atoms. The SMILES string of the molecule is CCOCCCNS(=O)(=O)c1cnccc1NC. The Morgan fingerprint density at radius 3 is 2.89 bits per heavy atom. The summed E-state index contributed by atoms with van der Waals surface area (Å²) in [4.78, 5) is 3.99. The summed E-state index contributed by atoms with van der Waals surface area (Å²) in [5.41, 5.74) is 0.530. The summed E-state index contributed by atoms with van der Waals surface area (Å²) < 4.78 is 31.7. The van der Waals surface area contributed by atoms with Crippen molar-refractivity contribution in [2.75, 3.05) is 32.1 Å². The van der Waals surface area contributed by atoms with E-state index in [-0.39, 0.29) is 4.90 Å². The van der Waals surface area contributed by atoms with Crippen LogP contribution in [-0.4, -0.2) is 40.2 Å². The van der Waals surface area contributed by atoms with Crippen molar-refractivity contribution >= 4 is 15.7 Å². The van der Waals surface area contributed by atoms with Crippen LogP contribution in [0.1, 0.15) is 13.3 Å². The van der Waals surface area contributed by atoms with E-state index in [0.717, 1.165) is 0 Å². The molecule has 0 bridgehead atoms. The maximum absolute atomic E-state index is 12.0. The van der Waals surface area contributed by atoms with Gasteiger partial charge in [0.15, 0.2) is 0 Å². The highest BCUT2D eigenvalue weighted by Gasteiger charge is 2.17. The van der Waals surface area contributed by atoms with E-state index >= 15 is 0 Å². The zero-order valence-electron chi connectivity index (χ0n) is 10.6. The van der Waals surface area contributed by atoms with Gasteiger partial charge in [-0.05, 0) is 19.4 Å². The van der Waals surface area contributed by atoms with Crippen LogP contribution in [0.2, 0.25) is 0 Å². The Kier molecular flexibility index (Phi) is 6.03. The van der Waals surface area contributed by atoms with Gasteiger partial charge in [-0.1, -0.05) is 0 Å². The molecule has 0 saturated heterocycles. The summed E-state index contributed by atoms with van der Waals surface area (Å²) in [6.07, 6.45) is 3.51. The molecular formula is C11H19N3O3S. The van der Waals surface area contributed by atoms with Crippen molar-refractivity contribution in [3.05, 3.63) is 18.5 Å². The van der Waals surface area contributed by atoms with Crippen molar-refractivity contribution in [3.63, 3.8) is 0 Å². The maximum atomic E-state index is 12.0. The minimum absolute atomic E-state index is 0.156. The highest BCUT2D eigenvalue weighted by atomic mass is 32.2. The molecule has 0 aliphatic heterocycles. The lowest BCUT2D eigenvalue weighted by atomic mass is 10.4. The molecular weight excluding hydrogens is 254 g/mol. The lowest BCUT2D eigenvalue weighted by Gasteiger charge is -2.10. The Hall–Kier alpha value is -1.18. The third-order valence-corrected chi connectivity index (χ3v) is 3.79. The summed E-state index contributed by atoms with van der Waals surface area (Å²) in [5.74, 6) is 0. The number of rotatable bonds is 8. The van der Waals surface area contributed by atoms with Crippen molar-refractivity contribution in [3.8, 4) is 0 Å². The van der Waals surface area contributed by atoms with E-state index in [2.05, 4.69) is 15.0 Å². The van der Waals surface area contributed by atoms with Crippen molar-refractivity contribution in [1.29, 1.82) is 0 Å². The smallest absolute Gasteiger partial charge is 0.244 e. The second-order valence-corrected chi connectivity index (χ2v) is 5.31. The predicted octanol–water partition coefficient (Wildman–Crippen LogP) is 0.828. The summed E-state index contributed by atoms with van der Waals surface area (Å²) in [7, 11) is -1.85. The number of sulfonamides is 1. The zero-order valence-corrected chi connectivity index (χ0v) is 11.5. The number of aromatic nitrogens is 1. The van der Waals surface area contributed by atoms with E-state index in [1.807, 2.05) is 6.92 Å². The molecule has 0 aliphatic rings. The Morgan fingerprint density at radius 1 is 1.44 bits per heavy atom. The van der Waals surface area contributed by atoms with E-state index in [1.54, 1.807) is 19.3 Å². The molecule has 7 heteroatoms. The monoisotopic (exact) mass is 273 g/mol. The normalized spacial score (nSPS) is 11.4. The van der Waals surface area contributed by atoms with Gasteiger partial charge in [-0.2, -0.15) is 0 Å². The standard InChI is InChI=1S/C11H19N3O3S/c1-3-17-8-4-6-14-18(15,16)11-9-13-7-5-10(11)12-2/h5,7,9,14H,3-4,6,8H2,1-2H3,(H,12,13). The van der Waals surface area contributed by atoms with Gasteiger partial charge in [0.25, 0.3) is 0 Å². The fourth-order valence-electron chi connectivity index (χ4n) is 1.40. The number of ether oxygens (including phenoxy) is 1. The van der Waals surface area contributed by atoms with Gasteiger partial charge in [0.2, 0.25) is 10.0 Å². The predicted molar refractivity (Wildman–Crippen MR) is 70.1 cm³/mol. The molecule has 0 aromatic carbocycles. The molecule has 0 atom stereocenters. The van der Waals surface area contributed by atoms with Crippen LogP contribution in [-0.2, 0) is 14.8 Å². The van der Waals surface area contributed by atoms with Gasteiger partial charge in [-0.3, -0.25) is 4.98 Å². The molecule has 0 fully saturated rings. The molecule has 6 nitrogen and oxygen atoms in total. The third-order valence-electron chi connectivity index (χ3n) is 2.31. The average molecular weight is 273 g/mol. The van der Waals surface area contributed by atoms with E-state index in [4.69, 9.17) is 4.74 Å². The summed E-state index contributed by atoms with van der Waals surface area (Å²) in [6, 6.07) is 1.62. The van der Waals surface area contributed by atoms with Crippen LogP contribution in [0.4, 0.5) is 5.69 Å². The van der Waals surface area contributed by atoms with E-state index < -0.39 is 10.0 Å². The Bertz CT molecular complexity index is 462. The Balaban J connectivity index is 2.63. The molecule has 0 aliphatic carbocycles. The first-order valence-corrected chi connectivity index (χ1v) is 7.29. The van der Waals surface area contributed by atoms with Crippen molar-refractivity contribution in [2.45, 2.75) is 18.2 Å². The van der Waals surface area contributed by atoms with Crippen LogP contribution in [0, 0.1) is 0 Å². The van der Waals surface area contributed by atoms with Crippen LogP contribution in [0.3, 0.4) is 0 Å². The first kappa shape index (κ1) is 14.9. The lowest BCUT2D eigenvalue weighted by molar-refractivity contribution is 0.146. The third kappa shape index (κ3) is 4.25. The average Bonchev–Trinajstić information content (AvgIpc) is 2.38. The van der Waals surface area contributed by atoms with Crippen molar-refractivity contribution < 1.29 is 13.2 Å². The minimum Gasteiger partial charge on any atom is -0.387 e. The first-order chi connectivity index (χ1) is 8.61. The topological polar surface area (TPSA) is 80.3 Å². The summed E-state index contributed by atoms with van der Waals surface area (Å²) in [6.45, 7) is 3.43. The van der Waals surface area contributed by atoms with Crippen molar-refractivity contribution in [2.24, 2.45) is 0 Å². The Labute approximate surface area is 108 Å². The van der Waals surface area contributed by atoms with Gasteiger partial charge in [0.1, 0.15) is 4.90 Å². The fourth-order valence-corrected chi connectivity index (χ4v) is 2.63. The number of hydrogen-bond donors (Lipinski definition) is 2. The van der Waals surface area contributed by atoms with Gasteiger partial charge >= 0.3 is 0 Å². The largest absolute Gasteiger partial charge is 0.387 e. The van der Waals surface area contributed by atoms with Gasteiger partial charge in [0.05, 0.1) is 5.69 Å². The zero-order chi connectivity index (χ0) is 13.4. The van der Waals surface area contributed by atoms with E-state index in [1.165, 1.54) is 6.20 Å². The highest BCUT2D eigenvalue weighted by molar-refractivity contribution is 7.89. The summed E-state index contributed by atoms with van der Waals surface area (Å²) in [5, 5.41) is 2.83. The number of nitrogens with zero attached hydrogens (tertiary/aromatic N) is 1. The van der Waals surface area contributed by atoms with Crippen LogP contribution >= 0.6 is 0 Å². The van der Waals surface area contributed by atoms with Crippen LogP contribution < -0.4 is 10.0 Å². The van der Waals surface area contributed by atoms with Crippen LogP contribution in [0.25, 0.3) is 0 Å². The first-order valence-electron chi connectivity index (χ1n) is 5.81. The molecule has 102 valence electrons. The highest BCUT2D eigenvalue weighted by Crippen LogP contribution is 2.18.